The number of hydrogen-bond donors (Lipinski definition) is 0. The van der Waals surface area contributed by atoms with E-state index >= 15 is 0 Å². The average Bonchev–Trinajstić information content (AvgIpc) is 2.86. The van der Waals surface area contributed by atoms with Gasteiger partial charge in [-0.3, -0.25) is 0 Å². The molecule has 4 rings (SSSR count). The highest BCUT2D eigenvalue weighted by Gasteiger charge is 2.49. The fourth-order valence-electron chi connectivity index (χ4n) is 3.29. The van der Waals surface area contributed by atoms with Crippen molar-refractivity contribution in [2.75, 3.05) is 19.3 Å². The van der Waals surface area contributed by atoms with Crippen LogP contribution < -0.4 is 0 Å². The van der Waals surface area contributed by atoms with E-state index in [0.29, 0.717) is 0 Å². The van der Waals surface area contributed by atoms with Crippen molar-refractivity contribution in [3.63, 3.8) is 0 Å². The normalized spacial score (nSPS) is 19.2. The second-order valence-electron chi connectivity index (χ2n) is 5.78. The van der Waals surface area contributed by atoms with Crippen LogP contribution in [0.15, 0.2) is 41.3 Å². The van der Waals surface area contributed by atoms with Crippen molar-refractivity contribution in [1.29, 1.82) is 0 Å². The van der Waals surface area contributed by atoms with Gasteiger partial charge in [-0.05, 0) is 46.7 Å². The maximum absolute atomic E-state index is 6.12. The molecule has 2 nitrogen and oxygen atoms in total. The zero-order chi connectivity index (χ0) is 15.3. The van der Waals surface area contributed by atoms with Crippen LogP contribution >= 0.6 is 46.2 Å². The Morgan fingerprint density at radius 2 is 2.05 bits per heavy atom. The van der Waals surface area contributed by atoms with Gasteiger partial charge in [0.25, 0.3) is 0 Å². The van der Waals surface area contributed by atoms with Gasteiger partial charge in [-0.2, -0.15) is 0 Å². The molecular weight excluding hydrogens is 429 g/mol. The lowest BCUT2D eigenvalue weighted by molar-refractivity contribution is -0.102. The summed E-state index contributed by atoms with van der Waals surface area (Å²) < 4.78 is 8.38. The first-order valence-corrected chi connectivity index (χ1v) is 9.70. The van der Waals surface area contributed by atoms with Gasteiger partial charge in [0, 0.05) is 45.9 Å². The molecule has 0 unspecified atom stereocenters. The van der Waals surface area contributed by atoms with Crippen LogP contribution in [0.25, 0.3) is 11.1 Å². The van der Waals surface area contributed by atoms with Crippen molar-refractivity contribution < 1.29 is 4.74 Å². The summed E-state index contributed by atoms with van der Waals surface area (Å²) in [6.45, 7) is 2.68. The number of fused-ring (bicyclic) bond motifs is 2. The molecule has 1 fully saturated rings. The van der Waals surface area contributed by atoms with Gasteiger partial charge < -0.3 is 4.74 Å². The Kier molecular flexibility index (Phi) is 3.93. The van der Waals surface area contributed by atoms with Gasteiger partial charge in [0.1, 0.15) is 5.60 Å². The predicted octanol–water partition coefficient (Wildman–Crippen LogP) is 5.12. The van der Waals surface area contributed by atoms with Gasteiger partial charge in [0.2, 0.25) is 0 Å². The summed E-state index contributed by atoms with van der Waals surface area (Å²) in [4.78, 5) is 1.21. The molecule has 0 bridgehead atoms. The van der Waals surface area contributed by atoms with Gasteiger partial charge >= 0.3 is 0 Å². The third-order valence-electron chi connectivity index (χ3n) is 4.43. The molecule has 0 aromatic heterocycles. The summed E-state index contributed by atoms with van der Waals surface area (Å²) >= 11 is 10.2. The number of ether oxygens (including phenoxy) is 1. The van der Waals surface area contributed by atoms with Gasteiger partial charge in [-0.15, -0.1) is 11.8 Å². The Hall–Kier alpha value is -0.270. The SMILES string of the molecule is CSc1cc(Cl)ccc1-c1ccc2c(c1)COC21CN(I)C1. The van der Waals surface area contributed by atoms with E-state index in [1.54, 1.807) is 11.8 Å². The molecule has 2 aliphatic heterocycles. The van der Waals surface area contributed by atoms with Crippen LogP contribution in [-0.4, -0.2) is 22.5 Å². The van der Waals surface area contributed by atoms with Gasteiger partial charge in [0.15, 0.2) is 0 Å². The quantitative estimate of drug-likeness (QED) is 0.363. The molecule has 0 radical (unpaired) electrons. The lowest BCUT2D eigenvalue weighted by Crippen LogP contribution is -2.54. The van der Waals surface area contributed by atoms with Crippen molar-refractivity contribution in [3.8, 4) is 11.1 Å². The number of halogens is 2. The highest BCUT2D eigenvalue weighted by Crippen LogP contribution is 2.46. The second-order valence-corrected chi connectivity index (χ2v) is 8.43. The van der Waals surface area contributed by atoms with Gasteiger partial charge in [-0.1, -0.05) is 29.8 Å². The first-order chi connectivity index (χ1) is 10.6. The van der Waals surface area contributed by atoms with Crippen LogP contribution in [-0.2, 0) is 16.9 Å². The van der Waals surface area contributed by atoms with Gasteiger partial charge in [-0.25, -0.2) is 3.11 Å². The second kappa shape index (κ2) is 5.67. The van der Waals surface area contributed by atoms with E-state index in [-0.39, 0.29) is 5.60 Å². The minimum atomic E-state index is -0.0581. The number of thioether (sulfide) groups is 1. The lowest BCUT2D eigenvalue weighted by Gasteiger charge is -2.44. The van der Waals surface area contributed by atoms with Crippen molar-refractivity contribution >= 4 is 46.2 Å². The molecule has 0 saturated carbocycles. The summed E-state index contributed by atoms with van der Waals surface area (Å²) in [6.07, 6.45) is 2.09. The lowest BCUT2D eigenvalue weighted by atomic mass is 9.86. The molecule has 22 heavy (non-hydrogen) atoms. The van der Waals surface area contributed by atoms with E-state index in [1.807, 2.05) is 12.1 Å². The van der Waals surface area contributed by atoms with E-state index in [0.717, 1.165) is 24.7 Å². The minimum Gasteiger partial charge on any atom is -0.363 e. The minimum absolute atomic E-state index is 0.0581. The molecule has 0 aliphatic carbocycles. The fourth-order valence-corrected chi connectivity index (χ4v) is 5.28. The van der Waals surface area contributed by atoms with Crippen molar-refractivity contribution in [2.45, 2.75) is 17.1 Å². The molecule has 2 aliphatic rings. The molecule has 0 N–H and O–H groups in total. The Balaban J connectivity index is 1.74. The third kappa shape index (κ3) is 2.40. The zero-order valence-corrected chi connectivity index (χ0v) is 15.8. The number of rotatable bonds is 2. The molecule has 0 atom stereocenters. The van der Waals surface area contributed by atoms with Crippen LogP contribution in [0.1, 0.15) is 11.1 Å². The van der Waals surface area contributed by atoms with Crippen LogP contribution in [0, 0.1) is 0 Å². The van der Waals surface area contributed by atoms with Crippen LogP contribution in [0.4, 0.5) is 0 Å². The molecule has 2 aromatic carbocycles. The highest BCUT2D eigenvalue weighted by molar-refractivity contribution is 14.1. The Morgan fingerprint density at radius 3 is 2.77 bits per heavy atom. The molecule has 114 valence electrons. The first-order valence-electron chi connectivity index (χ1n) is 7.13. The molecule has 2 heterocycles. The highest BCUT2D eigenvalue weighted by atomic mass is 127. The Labute approximate surface area is 153 Å². The fraction of sp³-hybridized carbons (Fsp3) is 0.294. The molecule has 0 amide bonds. The smallest absolute Gasteiger partial charge is 0.121 e. The van der Waals surface area contributed by atoms with Crippen LogP contribution in [0.3, 0.4) is 0 Å². The van der Waals surface area contributed by atoms with Crippen molar-refractivity contribution in [3.05, 3.63) is 52.5 Å². The van der Waals surface area contributed by atoms with E-state index < -0.39 is 0 Å². The largest absolute Gasteiger partial charge is 0.363 e. The summed E-state index contributed by atoms with van der Waals surface area (Å²) in [6, 6.07) is 12.8. The maximum atomic E-state index is 6.12. The van der Waals surface area contributed by atoms with E-state index in [2.05, 4.69) is 56.5 Å². The van der Waals surface area contributed by atoms with Crippen molar-refractivity contribution in [2.24, 2.45) is 0 Å². The average molecular weight is 444 g/mol. The van der Waals surface area contributed by atoms with Crippen LogP contribution in [0.2, 0.25) is 5.02 Å². The maximum Gasteiger partial charge on any atom is 0.121 e. The number of benzene rings is 2. The monoisotopic (exact) mass is 443 g/mol. The number of nitrogens with zero attached hydrogens (tertiary/aromatic N) is 1. The van der Waals surface area contributed by atoms with Gasteiger partial charge in [0.05, 0.1) is 6.61 Å². The first kappa shape index (κ1) is 15.3. The summed E-state index contributed by atoms with van der Waals surface area (Å²) in [5, 5.41) is 0.785. The van der Waals surface area contributed by atoms with Crippen LogP contribution in [0.5, 0.6) is 0 Å². The summed E-state index contributed by atoms with van der Waals surface area (Å²) in [5.41, 5.74) is 5.11. The Bertz CT molecular complexity index is 745. The summed E-state index contributed by atoms with van der Waals surface area (Å²) in [7, 11) is 0. The van der Waals surface area contributed by atoms with E-state index in [4.69, 9.17) is 16.3 Å². The third-order valence-corrected chi connectivity index (χ3v) is 6.12. The number of hydrogen-bond acceptors (Lipinski definition) is 3. The van der Waals surface area contributed by atoms with E-state index in [9.17, 15) is 0 Å². The Morgan fingerprint density at radius 1 is 1.23 bits per heavy atom. The standard InChI is InChI=1S/C17H15ClINOS/c1-22-16-7-13(18)3-4-14(16)11-2-5-15-12(6-11)8-21-17(15)9-20(19)10-17/h2-7H,8-10H2,1H3. The molecule has 2 aromatic rings. The molecule has 1 spiro atoms. The molecular formula is C17H15ClINOS. The zero-order valence-electron chi connectivity index (χ0n) is 12.1. The predicted molar refractivity (Wildman–Crippen MR) is 101 cm³/mol. The topological polar surface area (TPSA) is 12.5 Å². The van der Waals surface area contributed by atoms with E-state index in [1.165, 1.54) is 27.1 Å². The van der Waals surface area contributed by atoms with Crippen molar-refractivity contribution in [1.82, 2.24) is 3.11 Å². The summed E-state index contributed by atoms with van der Waals surface area (Å²) in [5.74, 6) is 0. The molecule has 1 saturated heterocycles. The molecule has 5 heteroatoms.